The van der Waals surface area contributed by atoms with Crippen molar-refractivity contribution in [2.75, 3.05) is 6.61 Å². The van der Waals surface area contributed by atoms with Gasteiger partial charge in [0.15, 0.2) is 0 Å². The standard InChI is InChI=1S/C15H23NO2/c16-15(1-2-18-13(15)17)9-14-6-10-3-11(7-14)5-12(4-10)8-14/h10-12H,1-9,16H2. The number of carbonyl (C=O) groups is 1. The molecule has 0 aromatic heterocycles. The molecule has 3 nitrogen and oxygen atoms in total. The Hall–Kier alpha value is -0.570. The number of esters is 1. The number of rotatable bonds is 2. The fraction of sp³-hybridized carbons (Fsp3) is 0.933. The van der Waals surface area contributed by atoms with Gasteiger partial charge in [-0.15, -0.1) is 0 Å². The molecule has 0 spiro atoms. The molecule has 1 atom stereocenters. The quantitative estimate of drug-likeness (QED) is 0.764. The zero-order valence-electron chi connectivity index (χ0n) is 11.0. The summed E-state index contributed by atoms with van der Waals surface area (Å²) in [6.45, 7) is 0.529. The summed E-state index contributed by atoms with van der Waals surface area (Å²) in [5, 5.41) is 0. The van der Waals surface area contributed by atoms with Gasteiger partial charge < -0.3 is 10.5 Å². The van der Waals surface area contributed by atoms with Crippen LogP contribution in [0.2, 0.25) is 0 Å². The number of carbonyl (C=O) groups excluding carboxylic acids is 1. The van der Waals surface area contributed by atoms with Gasteiger partial charge in [0.25, 0.3) is 0 Å². The Morgan fingerprint density at radius 1 is 1.11 bits per heavy atom. The molecule has 0 radical (unpaired) electrons. The molecule has 1 saturated heterocycles. The SMILES string of the molecule is NC1(CC23CC4CC(CC(C4)C2)C3)CCOC1=O. The molecular formula is C15H23NO2. The van der Waals surface area contributed by atoms with Gasteiger partial charge in [-0.05, 0) is 68.1 Å². The Labute approximate surface area is 108 Å². The van der Waals surface area contributed by atoms with Crippen LogP contribution in [0.4, 0.5) is 0 Å². The fourth-order valence-corrected chi connectivity index (χ4v) is 5.91. The molecule has 18 heavy (non-hydrogen) atoms. The number of hydrogen-bond donors (Lipinski definition) is 1. The molecule has 4 bridgehead atoms. The summed E-state index contributed by atoms with van der Waals surface area (Å²) in [5.74, 6) is 2.64. The Morgan fingerprint density at radius 2 is 1.67 bits per heavy atom. The van der Waals surface area contributed by atoms with E-state index in [1.807, 2.05) is 0 Å². The van der Waals surface area contributed by atoms with Crippen LogP contribution >= 0.6 is 0 Å². The fourth-order valence-electron chi connectivity index (χ4n) is 5.91. The molecule has 1 heterocycles. The maximum Gasteiger partial charge on any atom is 0.326 e. The van der Waals surface area contributed by atoms with Gasteiger partial charge in [-0.1, -0.05) is 0 Å². The van der Waals surface area contributed by atoms with Crippen molar-refractivity contribution in [1.29, 1.82) is 0 Å². The predicted molar refractivity (Wildman–Crippen MR) is 67.7 cm³/mol. The molecule has 100 valence electrons. The zero-order chi connectivity index (χ0) is 12.4. The van der Waals surface area contributed by atoms with Gasteiger partial charge in [0, 0.05) is 6.42 Å². The van der Waals surface area contributed by atoms with Crippen molar-refractivity contribution in [3.05, 3.63) is 0 Å². The molecule has 0 amide bonds. The lowest BCUT2D eigenvalue weighted by atomic mass is 9.47. The van der Waals surface area contributed by atoms with Crippen LogP contribution < -0.4 is 5.73 Å². The number of hydrogen-bond acceptors (Lipinski definition) is 3. The van der Waals surface area contributed by atoms with Crippen LogP contribution in [0.3, 0.4) is 0 Å². The van der Waals surface area contributed by atoms with E-state index in [4.69, 9.17) is 10.5 Å². The highest BCUT2D eigenvalue weighted by Gasteiger charge is 2.55. The van der Waals surface area contributed by atoms with Crippen molar-refractivity contribution in [2.24, 2.45) is 28.9 Å². The van der Waals surface area contributed by atoms with Crippen molar-refractivity contribution in [1.82, 2.24) is 0 Å². The molecule has 5 rings (SSSR count). The molecule has 0 aromatic rings. The lowest BCUT2D eigenvalue weighted by molar-refractivity contribution is -0.145. The number of nitrogens with two attached hydrogens (primary N) is 1. The lowest BCUT2D eigenvalue weighted by Gasteiger charge is -2.58. The minimum atomic E-state index is -0.661. The number of ether oxygens (including phenoxy) is 1. The second-order valence-corrected chi connectivity index (χ2v) is 7.64. The van der Waals surface area contributed by atoms with E-state index in [2.05, 4.69) is 0 Å². The first-order chi connectivity index (χ1) is 8.57. The van der Waals surface area contributed by atoms with Crippen LogP contribution in [0.15, 0.2) is 0 Å². The summed E-state index contributed by atoms with van der Waals surface area (Å²) < 4.78 is 5.12. The summed E-state index contributed by atoms with van der Waals surface area (Å²) in [7, 11) is 0. The van der Waals surface area contributed by atoms with E-state index in [0.29, 0.717) is 12.0 Å². The molecule has 3 heteroatoms. The van der Waals surface area contributed by atoms with Crippen LogP contribution in [-0.2, 0) is 9.53 Å². The first kappa shape index (κ1) is 11.3. The lowest BCUT2D eigenvalue weighted by Crippen LogP contribution is -2.54. The van der Waals surface area contributed by atoms with Crippen molar-refractivity contribution < 1.29 is 9.53 Å². The third kappa shape index (κ3) is 1.56. The molecule has 1 aliphatic heterocycles. The molecule has 0 aromatic carbocycles. The number of cyclic esters (lactones) is 1. The molecule has 1 unspecified atom stereocenters. The van der Waals surface area contributed by atoms with Gasteiger partial charge in [0.2, 0.25) is 0 Å². The summed E-state index contributed by atoms with van der Waals surface area (Å²) in [4.78, 5) is 11.9. The normalized spacial score (nSPS) is 53.8. The van der Waals surface area contributed by atoms with Crippen molar-refractivity contribution in [3.63, 3.8) is 0 Å². The molecule has 2 N–H and O–H groups in total. The Kier molecular flexibility index (Phi) is 2.19. The molecule has 4 saturated carbocycles. The van der Waals surface area contributed by atoms with Crippen LogP contribution in [0.1, 0.15) is 51.4 Å². The highest BCUT2D eigenvalue weighted by molar-refractivity contribution is 5.82. The zero-order valence-corrected chi connectivity index (χ0v) is 11.0. The van der Waals surface area contributed by atoms with Crippen molar-refractivity contribution in [3.8, 4) is 0 Å². The molecule has 5 aliphatic rings. The van der Waals surface area contributed by atoms with Gasteiger partial charge >= 0.3 is 5.97 Å². The Morgan fingerprint density at radius 3 is 2.11 bits per heavy atom. The molecule has 4 aliphatic carbocycles. The van der Waals surface area contributed by atoms with Crippen molar-refractivity contribution in [2.45, 2.75) is 56.9 Å². The largest absolute Gasteiger partial charge is 0.464 e. The molecular weight excluding hydrogens is 226 g/mol. The van der Waals surface area contributed by atoms with E-state index >= 15 is 0 Å². The monoisotopic (exact) mass is 249 g/mol. The Balaban J connectivity index is 1.59. The summed E-state index contributed by atoms with van der Waals surface area (Å²) in [5.41, 5.74) is 6.07. The van der Waals surface area contributed by atoms with E-state index in [0.717, 1.165) is 30.6 Å². The third-order valence-electron chi connectivity index (χ3n) is 6.04. The van der Waals surface area contributed by atoms with Crippen LogP contribution in [0.5, 0.6) is 0 Å². The van der Waals surface area contributed by atoms with E-state index in [1.165, 1.54) is 38.5 Å². The van der Waals surface area contributed by atoms with Gasteiger partial charge in [-0.25, -0.2) is 0 Å². The highest BCUT2D eigenvalue weighted by Crippen LogP contribution is 2.62. The second-order valence-electron chi connectivity index (χ2n) is 7.64. The topological polar surface area (TPSA) is 52.3 Å². The van der Waals surface area contributed by atoms with E-state index in [9.17, 15) is 4.79 Å². The van der Waals surface area contributed by atoms with Crippen LogP contribution in [-0.4, -0.2) is 18.1 Å². The van der Waals surface area contributed by atoms with Crippen molar-refractivity contribution >= 4 is 5.97 Å². The van der Waals surface area contributed by atoms with E-state index in [-0.39, 0.29) is 5.97 Å². The minimum Gasteiger partial charge on any atom is -0.464 e. The van der Waals surface area contributed by atoms with Crippen LogP contribution in [0.25, 0.3) is 0 Å². The summed E-state index contributed by atoms with van der Waals surface area (Å²) in [6, 6.07) is 0. The summed E-state index contributed by atoms with van der Waals surface area (Å²) in [6.07, 6.45) is 9.93. The second kappa shape index (κ2) is 3.50. The maximum absolute atomic E-state index is 11.9. The summed E-state index contributed by atoms with van der Waals surface area (Å²) >= 11 is 0. The van der Waals surface area contributed by atoms with Gasteiger partial charge in [-0.3, -0.25) is 4.79 Å². The van der Waals surface area contributed by atoms with Crippen LogP contribution in [0, 0.1) is 23.2 Å². The average Bonchev–Trinajstić information content (AvgIpc) is 2.55. The van der Waals surface area contributed by atoms with E-state index in [1.54, 1.807) is 0 Å². The predicted octanol–water partition coefficient (Wildman–Crippen LogP) is 2.24. The smallest absolute Gasteiger partial charge is 0.326 e. The highest BCUT2D eigenvalue weighted by atomic mass is 16.5. The minimum absolute atomic E-state index is 0.141. The Bertz CT molecular complexity index is 357. The third-order valence-corrected chi connectivity index (χ3v) is 6.04. The first-order valence-corrected chi connectivity index (χ1v) is 7.53. The van der Waals surface area contributed by atoms with E-state index < -0.39 is 5.54 Å². The first-order valence-electron chi connectivity index (χ1n) is 7.53. The average molecular weight is 249 g/mol. The maximum atomic E-state index is 11.9. The van der Waals surface area contributed by atoms with Gasteiger partial charge in [-0.2, -0.15) is 0 Å². The molecule has 5 fully saturated rings. The van der Waals surface area contributed by atoms with Gasteiger partial charge in [0.05, 0.1) is 6.61 Å². The van der Waals surface area contributed by atoms with Gasteiger partial charge in [0.1, 0.15) is 5.54 Å².